The van der Waals surface area contributed by atoms with Gasteiger partial charge in [-0.1, -0.05) is 42.5 Å². The summed E-state index contributed by atoms with van der Waals surface area (Å²) in [5.41, 5.74) is 2.86. The second-order valence-electron chi connectivity index (χ2n) is 6.70. The van der Waals surface area contributed by atoms with Crippen LogP contribution >= 0.6 is 11.8 Å². The van der Waals surface area contributed by atoms with Gasteiger partial charge < -0.3 is 14.5 Å². The minimum Gasteiger partial charge on any atom is -0.378 e. The van der Waals surface area contributed by atoms with E-state index in [1.54, 1.807) is 11.8 Å². The van der Waals surface area contributed by atoms with Gasteiger partial charge >= 0.3 is 0 Å². The minimum atomic E-state index is -0.00903. The van der Waals surface area contributed by atoms with E-state index in [2.05, 4.69) is 0 Å². The molecule has 5 nitrogen and oxygen atoms in total. The van der Waals surface area contributed by atoms with Gasteiger partial charge in [-0.25, -0.2) is 0 Å². The lowest BCUT2D eigenvalue weighted by atomic mass is 10.1. The Kier molecular flexibility index (Phi) is 5.45. The molecule has 0 aliphatic carbocycles. The van der Waals surface area contributed by atoms with Crippen molar-refractivity contribution >= 4 is 23.6 Å². The quantitative estimate of drug-likeness (QED) is 0.816. The monoisotopic (exact) mass is 382 g/mol. The molecule has 0 radical (unpaired) electrons. The Hall–Kier alpha value is -2.31. The van der Waals surface area contributed by atoms with Crippen LogP contribution in [0.25, 0.3) is 0 Å². The summed E-state index contributed by atoms with van der Waals surface area (Å²) < 4.78 is 5.31. The first-order chi connectivity index (χ1) is 13.2. The fraction of sp³-hybridized carbons (Fsp3) is 0.333. The average Bonchev–Trinajstić information content (AvgIpc) is 3.09. The van der Waals surface area contributed by atoms with Crippen LogP contribution in [0.5, 0.6) is 0 Å². The number of carbonyl (C=O) groups is 2. The van der Waals surface area contributed by atoms with Crippen LogP contribution in [0.3, 0.4) is 0 Å². The molecule has 2 fully saturated rings. The van der Waals surface area contributed by atoms with Crippen LogP contribution in [0, 0.1) is 0 Å². The van der Waals surface area contributed by atoms with Crippen LogP contribution in [-0.2, 0) is 16.1 Å². The number of ether oxygens (including phenoxy) is 1. The molecule has 0 aromatic heterocycles. The van der Waals surface area contributed by atoms with Gasteiger partial charge in [-0.3, -0.25) is 9.59 Å². The standard InChI is InChI=1S/C21H22N2O3S/c24-19-15-27-21(23(19)14-16-4-2-1-3-5-16)18-8-6-17(7-9-18)20(25)22-10-12-26-13-11-22/h1-9,21H,10-15H2/t21-/m1/s1. The van der Waals surface area contributed by atoms with E-state index in [0.29, 0.717) is 44.2 Å². The highest BCUT2D eigenvalue weighted by atomic mass is 32.2. The lowest BCUT2D eigenvalue weighted by Crippen LogP contribution is -2.40. The summed E-state index contributed by atoms with van der Waals surface area (Å²) in [5, 5.41) is -0.00903. The topological polar surface area (TPSA) is 49.9 Å². The molecule has 2 aliphatic heterocycles. The van der Waals surface area contributed by atoms with E-state index in [4.69, 9.17) is 4.74 Å². The van der Waals surface area contributed by atoms with Crippen molar-refractivity contribution in [1.82, 2.24) is 9.80 Å². The van der Waals surface area contributed by atoms with Crippen LogP contribution in [0.1, 0.15) is 26.9 Å². The molecular weight excluding hydrogens is 360 g/mol. The van der Waals surface area contributed by atoms with Crippen molar-refractivity contribution in [2.75, 3.05) is 32.1 Å². The number of nitrogens with zero attached hydrogens (tertiary/aromatic N) is 2. The second kappa shape index (κ2) is 8.15. The molecule has 2 saturated heterocycles. The first-order valence-corrected chi connectivity index (χ1v) is 10.2. The highest BCUT2D eigenvalue weighted by Crippen LogP contribution is 2.39. The van der Waals surface area contributed by atoms with E-state index in [-0.39, 0.29) is 17.2 Å². The predicted octanol–water partition coefficient (Wildman–Crippen LogP) is 2.93. The van der Waals surface area contributed by atoms with E-state index < -0.39 is 0 Å². The number of hydrogen-bond acceptors (Lipinski definition) is 4. The van der Waals surface area contributed by atoms with E-state index in [1.165, 1.54) is 0 Å². The van der Waals surface area contributed by atoms with Gasteiger partial charge in [0.1, 0.15) is 5.37 Å². The van der Waals surface area contributed by atoms with E-state index >= 15 is 0 Å². The summed E-state index contributed by atoms with van der Waals surface area (Å²) in [6.07, 6.45) is 0. The maximum atomic E-state index is 12.6. The van der Waals surface area contributed by atoms with Crippen LogP contribution in [0.2, 0.25) is 0 Å². The van der Waals surface area contributed by atoms with Crippen molar-refractivity contribution in [3.8, 4) is 0 Å². The Labute approximate surface area is 163 Å². The summed E-state index contributed by atoms with van der Waals surface area (Å²) in [5.74, 6) is 0.690. The Bertz CT molecular complexity index is 804. The van der Waals surface area contributed by atoms with Crippen molar-refractivity contribution < 1.29 is 14.3 Å². The molecular formula is C21H22N2O3S. The van der Waals surface area contributed by atoms with Crippen LogP contribution in [0.4, 0.5) is 0 Å². The molecule has 4 rings (SSSR count). The zero-order chi connectivity index (χ0) is 18.6. The van der Waals surface area contributed by atoms with Gasteiger partial charge in [0.05, 0.1) is 19.0 Å². The first kappa shape index (κ1) is 18.1. The van der Waals surface area contributed by atoms with Gasteiger partial charge in [0, 0.05) is 25.2 Å². The Morgan fingerprint density at radius 3 is 2.44 bits per heavy atom. The van der Waals surface area contributed by atoms with Crippen molar-refractivity contribution in [1.29, 1.82) is 0 Å². The van der Waals surface area contributed by atoms with Gasteiger partial charge in [0.25, 0.3) is 5.91 Å². The van der Waals surface area contributed by atoms with Gasteiger partial charge in [0.15, 0.2) is 0 Å². The zero-order valence-electron chi connectivity index (χ0n) is 15.0. The number of morpholine rings is 1. The zero-order valence-corrected chi connectivity index (χ0v) is 15.9. The lowest BCUT2D eigenvalue weighted by molar-refractivity contribution is -0.128. The van der Waals surface area contributed by atoms with Crippen molar-refractivity contribution in [3.05, 3.63) is 71.3 Å². The number of carbonyl (C=O) groups excluding carboxylic acids is 2. The number of rotatable bonds is 4. The fourth-order valence-electron chi connectivity index (χ4n) is 3.42. The predicted molar refractivity (Wildman–Crippen MR) is 105 cm³/mol. The summed E-state index contributed by atoms with van der Waals surface area (Å²) in [4.78, 5) is 28.7. The van der Waals surface area contributed by atoms with Crippen molar-refractivity contribution in [2.45, 2.75) is 11.9 Å². The van der Waals surface area contributed by atoms with Gasteiger partial charge in [-0.2, -0.15) is 0 Å². The molecule has 0 saturated carbocycles. The fourth-order valence-corrected chi connectivity index (χ4v) is 4.61. The molecule has 0 spiro atoms. The SMILES string of the molecule is O=C(c1ccc([C@H]2SCC(=O)N2Cc2ccccc2)cc1)N1CCOCC1. The van der Waals surface area contributed by atoms with Crippen molar-refractivity contribution in [2.24, 2.45) is 0 Å². The average molecular weight is 382 g/mol. The molecule has 2 heterocycles. The van der Waals surface area contributed by atoms with E-state index in [1.807, 2.05) is 64.4 Å². The number of benzene rings is 2. The maximum Gasteiger partial charge on any atom is 0.254 e. The second-order valence-corrected chi connectivity index (χ2v) is 7.77. The molecule has 27 heavy (non-hydrogen) atoms. The van der Waals surface area contributed by atoms with Gasteiger partial charge in [-0.15, -0.1) is 11.8 Å². The maximum absolute atomic E-state index is 12.6. The molecule has 2 aromatic carbocycles. The number of hydrogen-bond donors (Lipinski definition) is 0. The third-order valence-electron chi connectivity index (χ3n) is 4.90. The molecule has 0 N–H and O–H groups in total. The van der Waals surface area contributed by atoms with E-state index in [9.17, 15) is 9.59 Å². The summed E-state index contributed by atoms with van der Waals surface area (Å²) in [7, 11) is 0. The van der Waals surface area contributed by atoms with E-state index in [0.717, 1.165) is 11.1 Å². The first-order valence-electron chi connectivity index (χ1n) is 9.14. The molecule has 0 unspecified atom stereocenters. The molecule has 2 amide bonds. The summed E-state index contributed by atoms with van der Waals surface area (Å²) >= 11 is 1.64. The molecule has 0 bridgehead atoms. The van der Waals surface area contributed by atoms with Gasteiger partial charge in [0.2, 0.25) is 5.91 Å². The Morgan fingerprint density at radius 2 is 1.74 bits per heavy atom. The van der Waals surface area contributed by atoms with Crippen molar-refractivity contribution in [3.63, 3.8) is 0 Å². The van der Waals surface area contributed by atoms with Crippen LogP contribution < -0.4 is 0 Å². The van der Waals surface area contributed by atoms with Crippen LogP contribution in [-0.4, -0.2) is 53.7 Å². The summed E-state index contributed by atoms with van der Waals surface area (Å²) in [6, 6.07) is 17.7. The molecule has 1 atom stereocenters. The third kappa shape index (κ3) is 4.01. The number of amides is 2. The summed E-state index contributed by atoms with van der Waals surface area (Å²) in [6.45, 7) is 3.07. The highest BCUT2D eigenvalue weighted by Gasteiger charge is 2.32. The molecule has 2 aliphatic rings. The minimum absolute atomic E-state index is 0.00903. The third-order valence-corrected chi connectivity index (χ3v) is 6.16. The highest BCUT2D eigenvalue weighted by molar-refractivity contribution is 8.00. The Balaban J connectivity index is 1.48. The van der Waals surface area contributed by atoms with Gasteiger partial charge in [-0.05, 0) is 23.3 Å². The largest absolute Gasteiger partial charge is 0.378 e. The smallest absolute Gasteiger partial charge is 0.254 e. The molecule has 2 aromatic rings. The Morgan fingerprint density at radius 1 is 1.04 bits per heavy atom. The molecule has 140 valence electrons. The van der Waals surface area contributed by atoms with Crippen LogP contribution in [0.15, 0.2) is 54.6 Å². The number of thioether (sulfide) groups is 1. The lowest BCUT2D eigenvalue weighted by Gasteiger charge is -2.27. The molecule has 6 heteroatoms. The normalized spacial score (nSPS) is 20.1.